The number of benzene rings is 2. The van der Waals surface area contributed by atoms with E-state index >= 15 is 0 Å². The Morgan fingerprint density at radius 3 is 2.69 bits per heavy atom. The third-order valence-corrected chi connectivity index (χ3v) is 4.37. The van der Waals surface area contributed by atoms with Crippen molar-refractivity contribution >= 4 is 33.7 Å². The number of carbonyl (C=O) groups excluding carboxylic acids is 1. The molecule has 0 aliphatic carbocycles. The van der Waals surface area contributed by atoms with Gasteiger partial charge in [0.15, 0.2) is 5.82 Å². The van der Waals surface area contributed by atoms with Gasteiger partial charge < -0.3 is 10.3 Å². The number of rotatable bonds is 4. The third-order valence-electron chi connectivity index (χ3n) is 4.37. The summed E-state index contributed by atoms with van der Waals surface area (Å²) in [4.78, 5) is 24.9. The van der Waals surface area contributed by atoms with Gasteiger partial charge in [-0.3, -0.25) is 4.79 Å². The van der Waals surface area contributed by atoms with Gasteiger partial charge in [-0.25, -0.2) is 9.97 Å². The number of aromatic nitrogens is 3. The highest BCUT2D eigenvalue weighted by atomic mass is 16.1. The van der Waals surface area contributed by atoms with Crippen molar-refractivity contribution in [1.29, 1.82) is 0 Å². The standard InChI is InChI=1S/C21H20N4O/c1-13(2)11-15-9-6-10-16-17(15)18-19(23-12-22-18)20(24-16)25-21(26)14-7-4-3-5-8-14/h3-10,12-13H,11H2,1-2H3,(H,22,23)(H,24,25,26). The number of anilines is 1. The molecular weight excluding hydrogens is 324 g/mol. The molecule has 0 aliphatic heterocycles. The van der Waals surface area contributed by atoms with Crippen LogP contribution in [0.3, 0.4) is 0 Å². The molecule has 0 radical (unpaired) electrons. The van der Waals surface area contributed by atoms with Crippen molar-refractivity contribution in [3.05, 3.63) is 66.0 Å². The largest absolute Gasteiger partial charge is 0.344 e. The average molecular weight is 344 g/mol. The molecule has 0 unspecified atom stereocenters. The number of imidazole rings is 1. The number of hydrogen-bond donors (Lipinski definition) is 2. The first-order valence-corrected chi connectivity index (χ1v) is 8.74. The summed E-state index contributed by atoms with van der Waals surface area (Å²) in [5.41, 5.74) is 4.27. The predicted octanol–water partition coefficient (Wildman–Crippen LogP) is 4.56. The summed E-state index contributed by atoms with van der Waals surface area (Å²) in [5, 5.41) is 3.98. The number of hydrogen-bond acceptors (Lipinski definition) is 3. The Hall–Kier alpha value is -3.21. The lowest BCUT2D eigenvalue weighted by Crippen LogP contribution is -2.13. The van der Waals surface area contributed by atoms with Crippen molar-refractivity contribution in [2.75, 3.05) is 5.32 Å². The number of carbonyl (C=O) groups is 1. The molecule has 2 aromatic heterocycles. The van der Waals surface area contributed by atoms with Crippen molar-refractivity contribution in [3.63, 3.8) is 0 Å². The summed E-state index contributed by atoms with van der Waals surface area (Å²) >= 11 is 0. The number of H-pyrrole nitrogens is 1. The zero-order chi connectivity index (χ0) is 18.1. The molecule has 26 heavy (non-hydrogen) atoms. The van der Waals surface area contributed by atoms with Crippen molar-refractivity contribution in [3.8, 4) is 0 Å². The van der Waals surface area contributed by atoms with E-state index in [2.05, 4.69) is 35.2 Å². The van der Waals surface area contributed by atoms with Crippen molar-refractivity contribution in [1.82, 2.24) is 15.0 Å². The molecule has 0 bridgehead atoms. The van der Waals surface area contributed by atoms with E-state index in [0.717, 1.165) is 22.8 Å². The first kappa shape index (κ1) is 16.3. The smallest absolute Gasteiger partial charge is 0.256 e. The van der Waals surface area contributed by atoms with Crippen LogP contribution in [-0.2, 0) is 6.42 Å². The van der Waals surface area contributed by atoms with Crippen LogP contribution in [0.4, 0.5) is 5.82 Å². The van der Waals surface area contributed by atoms with Gasteiger partial charge >= 0.3 is 0 Å². The van der Waals surface area contributed by atoms with Crippen molar-refractivity contribution in [2.45, 2.75) is 20.3 Å². The molecule has 2 aromatic carbocycles. The molecular formula is C21H20N4O. The van der Waals surface area contributed by atoms with E-state index in [4.69, 9.17) is 4.98 Å². The van der Waals surface area contributed by atoms with E-state index in [-0.39, 0.29) is 5.91 Å². The first-order chi connectivity index (χ1) is 12.6. The van der Waals surface area contributed by atoms with E-state index in [1.807, 2.05) is 30.3 Å². The van der Waals surface area contributed by atoms with Gasteiger partial charge in [0.2, 0.25) is 0 Å². The van der Waals surface area contributed by atoms with Gasteiger partial charge in [-0.05, 0) is 36.1 Å². The monoisotopic (exact) mass is 344 g/mol. The Morgan fingerprint density at radius 2 is 1.92 bits per heavy atom. The minimum atomic E-state index is -0.194. The Bertz CT molecular complexity index is 1080. The second-order valence-electron chi connectivity index (χ2n) is 6.82. The SMILES string of the molecule is CC(C)Cc1cccc2nc(NC(=O)c3ccccc3)c3nc[nH]c3c12. The molecule has 4 rings (SSSR count). The summed E-state index contributed by atoms with van der Waals surface area (Å²) < 4.78 is 0. The van der Waals surface area contributed by atoms with Crippen LogP contribution in [-0.4, -0.2) is 20.9 Å². The normalized spacial score (nSPS) is 11.3. The fourth-order valence-electron chi connectivity index (χ4n) is 3.27. The highest BCUT2D eigenvalue weighted by molar-refractivity contribution is 6.12. The molecule has 0 aliphatic rings. The molecule has 1 amide bonds. The molecule has 4 aromatic rings. The van der Waals surface area contributed by atoms with Gasteiger partial charge in [0.1, 0.15) is 5.52 Å². The summed E-state index contributed by atoms with van der Waals surface area (Å²) in [7, 11) is 0. The van der Waals surface area contributed by atoms with Crippen LogP contribution in [0.1, 0.15) is 29.8 Å². The van der Waals surface area contributed by atoms with E-state index in [9.17, 15) is 4.79 Å². The van der Waals surface area contributed by atoms with Crippen LogP contribution in [0.5, 0.6) is 0 Å². The maximum Gasteiger partial charge on any atom is 0.256 e. The summed E-state index contributed by atoms with van der Waals surface area (Å²) in [6.07, 6.45) is 2.61. The van der Waals surface area contributed by atoms with E-state index in [1.165, 1.54) is 5.56 Å². The number of nitrogens with zero attached hydrogens (tertiary/aromatic N) is 2. The summed E-state index contributed by atoms with van der Waals surface area (Å²) in [6.45, 7) is 4.40. The minimum Gasteiger partial charge on any atom is -0.344 e. The Morgan fingerprint density at radius 1 is 1.12 bits per heavy atom. The Kier molecular flexibility index (Phi) is 4.13. The summed E-state index contributed by atoms with van der Waals surface area (Å²) in [6, 6.07) is 15.2. The number of fused-ring (bicyclic) bond motifs is 3. The van der Waals surface area contributed by atoms with Crippen molar-refractivity contribution in [2.24, 2.45) is 5.92 Å². The lowest BCUT2D eigenvalue weighted by atomic mass is 9.98. The van der Waals surface area contributed by atoms with Gasteiger partial charge in [-0.2, -0.15) is 0 Å². The molecule has 0 atom stereocenters. The Balaban J connectivity index is 1.83. The van der Waals surface area contributed by atoms with E-state index in [1.54, 1.807) is 18.5 Å². The number of aromatic amines is 1. The lowest BCUT2D eigenvalue weighted by Gasteiger charge is -2.12. The van der Waals surface area contributed by atoms with Crippen LogP contribution in [0.25, 0.3) is 21.9 Å². The lowest BCUT2D eigenvalue weighted by molar-refractivity contribution is 0.102. The quantitative estimate of drug-likeness (QED) is 0.570. The third kappa shape index (κ3) is 2.92. The molecule has 2 heterocycles. The van der Waals surface area contributed by atoms with Crippen LogP contribution in [0, 0.1) is 5.92 Å². The maximum absolute atomic E-state index is 12.5. The Labute approximate surface area is 151 Å². The highest BCUT2D eigenvalue weighted by Crippen LogP contribution is 2.30. The van der Waals surface area contributed by atoms with Crippen LogP contribution >= 0.6 is 0 Å². The number of pyridine rings is 1. The molecule has 0 saturated heterocycles. The topological polar surface area (TPSA) is 70.7 Å². The fraction of sp³-hybridized carbons (Fsp3) is 0.190. The average Bonchev–Trinajstić information content (AvgIpc) is 3.12. The first-order valence-electron chi connectivity index (χ1n) is 8.74. The van der Waals surface area contributed by atoms with Gasteiger partial charge in [-0.1, -0.05) is 44.2 Å². The maximum atomic E-state index is 12.5. The fourth-order valence-corrected chi connectivity index (χ4v) is 3.27. The van der Waals surface area contributed by atoms with Crippen molar-refractivity contribution < 1.29 is 4.79 Å². The summed E-state index contributed by atoms with van der Waals surface area (Å²) in [5.74, 6) is 0.820. The number of amides is 1. The van der Waals surface area contributed by atoms with Crippen LogP contribution < -0.4 is 5.32 Å². The molecule has 0 spiro atoms. The molecule has 5 nitrogen and oxygen atoms in total. The second-order valence-corrected chi connectivity index (χ2v) is 6.82. The van der Waals surface area contributed by atoms with E-state index < -0.39 is 0 Å². The van der Waals surface area contributed by atoms with Crippen LogP contribution in [0.2, 0.25) is 0 Å². The van der Waals surface area contributed by atoms with Gasteiger partial charge in [0.05, 0.1) is 17.4 Å². The minimum absolute atomic E-state index is 0.194. The van der Waals surface area contributed by atoms with E-state index in [0.29, 0.717) is 22.8 Å². The van der Waals surface area contributed by atoms with Gasteiger partial charge in [0.25, 0.3) is 5.91 Å². The molecule has 5 heteroatoms. The molecule has 2 N–H and O–H groups in total. The predicted molar refractivity (Wildman–Crippen MR) is 104 cm³/mol. The molecule has 0 fully saturated rings. The second kappa shape index (κ2) is 6.59. The van der Waals surface area contributed by atoms with Crippen LogP contribution in [0.15, 0.2) is 54.9 Å². The van der Waals surface area contributed by atoms with Gasteiger partial charge in [-0.15, -0.1) is 0 Å². The molecule has 0 saturated carbocycles. The zero-order valence-electron chi connectivity index (χ0n) is 14.8. The number of nitrogens with one attached hydrogen (secondary N) is 2. The molecule has 130 valence electrons. The highest BCUT2D eigenvalue weighted by Gasteiger charge is 2.16. The zero-order valence-corrected chi connectivity index (χ0v) is 14.8. The van der Waals surface area contributed by atoms with Gasteiger partial charge in [0, 0.05) is 10.9 Å².